The molecule has 2 unspecified atom stereocenters. The predicted octanol–water partition coefficient (Wildman–Crippen LogP) is 4.40. The number of nitrogens with zero attached hydrogens (tertiary/aromatic N) is 3. The van der Waals surface area contributed by atoms with Gasteiger partial charge in [-0.1, -0.05) is 25.1 Å². The molecule has 3 aliphatic rings. The SMILES string of the molecule is CCCS(=O)(=O)Nc1ccc(C2C(C#N)c3ccc(N4CCOCC4)cc3N2C2CCC2)cc1. The Balaban J connectivity index is 1.48. The van der Waals surface area contributed by atoms with Crippen molar-refractivity contribution in [2.24, 2.45) is 0 Å². The van der Waals surface area contributed by atoms with Crippen molar-refractivity contribution >= 4 is 27.1 Å². The zero-order chi connectivity index (χ0) is 23.7. The van der Waals surface area contributed by atoms with Crippen molar-refractivity contribution in [1.29, 1.82) is 5.26 Å². The van der Waals surface area contributed by atoms with E-state index in [1.54, 1.807) is 0 Å². The fraction of sp³-hybridized carbons (Fsp3) is 0.500. The van der Waals surface area contributed by atoms with Crippen LogP contribution in [0.15, 0.2) is 42.5 Å². The van der Waals surface area contributed by atoms with E-state index in [1.807, 2.05) is 31.2 Å². The molecule has 0 aromatic heterocycles. The number of anilines is 3. The average Bonchev–Trinajstić information content (AvgIpc) is 3.12. The summed E-state index contributed by atoms with van der Waals surface area (Å²) in [5.74, 6) is -0.165. The lowest BCUT2D eigenvalue weighted by molar-refractivity contribution is 0.122. The maximum Gasteiger partial charge on any atom is 0.232 e. The Hall–Kier alpha value is -2.76. The van der Waals surface area contributed by atoms with E-state index < -0.39 is 10.0 Å². The molecular formula is C26H32N4O3S. The Morgan fingerprint density at radius 3 is 2.47 bits per heavy atom. The molecule has 34 heavy (non-hydrogen) atoms. The summed E-state index contributed by atoms with van der Waals surface area (Å²) in [5.41, 5.74) is 5.04. The molecule has 2 fully saturated rings. The van der Waals surface area contributed by atoms with E-state index in [-0.39, 0.29) is 17.7 Å². The van der Waals surface area contributed by atoms with Crippen LogP contribution >= 0.6 is 0 Å². The zero-order valence-corrected chi connectivity index (χ0v) is 20.4. The highest BCUT2D eigenvalue weighted by Gasteiger charge is 2.44. The number of hydrogen-bond acceptors (Lipinski definition) is 6. The van der Waals surface area contributed by atoms with Crippen molar-refractivity contribution < 1.29 is 13.2 Å². The molecule has 5 rings (SSSR count). The lowest BCUT2D eigenvalue weighted by Gasteiger charge is -2.42. The molecule has 2 atom stereocenters. The molecule has 2 aromatic rings. The molecule has 0 spiro atoms. The Morgan fingerprint density at radius 1 is 1.12 bits per heavy atom. The molecule has 180 valence electrons. The van der Waals surface area contributed by atoms with Crippen LogP contribution in [0.4, 0.5) is 17.1 Å². The third-order valence-electron chi connectivity index (χ3n) is 7.22. The molecule has 1 saturated carbocycles. The van der Waals surface area contributed by atoms with Crippen LogP contribution in [-0.4, -0.2) is 46.5 Å². The number of ether oxygens (including phenoxy) is 1. The highest BCUT2D eigenvalue weighted by atomic mass is 32.2. The second-order valence-corrected chi connectivity index (χ2v) is 11.3. The molecule has 2 aromatic carbocycles. The maximum atomic E-state index is 12.2. The van der Waals surface area contributed by atoms with Gasteiger partial charge in [-0.25, -0.2) is 8.42 Å². The molecule has 1 aliphatic carbocycles. The van der Waals surface area contributed by atoms with Crippen molar-refractivity contribution in [3.8, 4) is 6.07 Å². The molecule has 1 N–H and O–H groups in total. The first-order chi connectivity index (χ1) is 16.5. The van der Waals surface area contributed by atoms with Gasteiger partial charge in [0.05, 0.1) is 37.0 Å². The third kappa shape index (κ3) is 4.35. The summed E-state index contributed by atoms with van der Waals surface area (Å²) in [6.45, 7) is 5.08. The van der Waals surface area contributed by atoms with Crippen LogP contribution in [0.3, 0.4) is 0 Å². The molecule has 0 amide bonds. The first kappa shape index (κ1) is 23.0. The van der Waals surface area contributed by atoms with Crippen molar-refractivity contribution in [3.05, 3.63) is 53.6 Å². The minimum Gasteiger partial charge on any atom is -0.378 e. The fourth-order valence-electron chi connectivity index (χ4n) is 5.35. The largest absolute Gasteiger partial charge is 0.378 e. The minimum absolute atomic E-state index is 0.0773. The summed E-state index contributed by atoms with van der Waals surface area (Å²) < 4.78 is 32.5. The first-order valence-corrected chi connectivity index (χ1v) is 13.9. The van der Waals surface area contributed by atoms with E-state index in [0.717, 1.165) is 56.0 Å². The quantitative estimate of drug-likeness (QED) is 0.632. The average molecular weight is 481 g/mol. The molecule has 2 aliphatic heterocycles. The van der Waals surface area contributed by atoms with Crippen LogP contribution in [0.1, 0.15) is 55.7 Å². The molecule has 8 heteroatoms. The van der Waals surface area contributed by atoms with Crippen LogP contribution in [-0.2, 0) is 14.8 Å². The first-order valence-electron chi connectivity index (χ1n) is 12.3. The van der Waals surface area contributed by atoms with Gasteiger partial charge in [0.2, 0.25) is 10.0 Å². The molecule has 1 saturated heterocycles. The number of rotatable bonds is 7. The van der Waals surface area contributed by atoms with Crippen molar-refractivity contribution in [2.75, 3.05) is 46.6 Å². The van der Waals surface area contributed by atoms with Gasteiger partial charge in [0.15, 0.2) is 0 Å². The highest BCUT2D eigenvalue weighted by molar-refractivity contribution is 7.92. The van der Waals surface area contributed by atoms with Crippen LogP contribution in [0, 0.1) is 11.3 Å². The third-order valence-corrected chi connectivity index (χ3v) is 8.72. The van der Waals surface area contributed by atoms with E-state index in [1.165, 1.54) is 12.1 Å². The minimum atomic E-state index is -3.34. The summed E-state index contributed by atoms with van der Waals surface area (Å²) in [6, 6.07) is 17.0. The van der Waals surface area contributed by atoms with E-state index in [4.69, 9.17) is 4.74 Å². The molecule has 2 heterocycles. The zero-order valence-electron chi connectivity index (χ0n) is 19.6. The number of benzene rings is 2. The number of nitriles is 1. The van der Waals surface area contributed by atoms with E-state index in [2.05, 4.69) is 38.8 Å². The van der Waals surface area contributed by atoms with E-state index in [0.29, 0.717) is 18.2 Å². The summed E-state index contributed by atoms with van der Waals surface area (Å²) in [6.07, 6.45) is 4.04. The Morgan fingerprint density at radius 2 is 1.85 bits per heavy atom. The van der Waals surface area contributed by atoms with E-state index >= 15 is 0 Å². The van der Waals surface area contributed by atoms with Crippen molar-refractivity contribution in [2.45, 2.75) is 50.6 Å². The molecule has 0 bridgehead atoms. The number of morpholine rings is 1. The number of hydrogen-bond donors (Lipinski definition) is 1. The lowest BCUT2D eigenvalue weighted by atomic mass is 9.87. The highest BCUT2D eigenvalue weighted by Crippen LogP contribution is 2.53. The van der Waals surface area contributed by atoms with Gasteiger partial charge in [0, 0.05) is 36.2 Å². The van der Waals surface area contributed by atoms with Crippen LogP contribution < -0.4 is 14.5 Å². The summed E-state index contributed by atoms with van der Waals surface area (Å²) >= 11 is 0. The van der Waals surface area contributed by atoms with Gasteiger partial charge in [-0.05, 0) is 61.1 Å². The monoisotopic (exact) mass is 480 g/mol. The molecular weight excluding hydrogens is 448 g/mol. The topological polar surface area (TPSA) is 85.7 Å². The van der Waals surface area contributed by atoms with Crippen molar-refractivity contribution in [3.63, 3.8) is 0 Å². The second kappa shape index (κ2) is 9.47. The Labute approximate surface area is 202 Å². The maximum absolute atomic E-state index is 12.2. The summed E-state index contributed by atoms with van der Waals surface area (Å²) in [5, 5.41) is 10.2. The Kier molecular flexibility index (Phi) is 6.41. The van der Waals surface area contributed by atoms with Gasteiger partial charge in [0.1, 0.15) is 0 Å². The summed E-state index contributed by atoms with van der Waals surface area (Å²) in [4.78, 5) is 4.82. The van der Waals surface area contributed by atoms with Crippen LogP contribution in [0.25, 0.3) is 0 Å². The second-order valence-electron chi connectivity index (χ2n) is 9.43. The normalized spacial score (nSPS) is 22.7. The van der Waals surface area contributed by atoms with Gasteiger partial charge in [-0.2, -0.15) is 5.26 Å². The lowest BCUT2D eigenvalue weighted by Crippen LogP contribution is -2.41. The van der Waals surface area contributed by atoms with Gasteiger partial charge >= 0.3 is 0 Å². The Bertz CT molecular complexity index is 1170. The molecule has 7 nitrogen and oxygen atoms in total. The number of sulfonamides is 1. The smallest absolute Gasteiger partial charge is 0.232 e. The van der Waals surface area contributed by atoms with Crippen LogP contribution in [0.5, 0.6) is 0 Å². The van der Waals surface area contributed by atoms with Crippen LogP contribution in [0.2, 0.25) is 0 Å². The standard InChI is InChI=1S/C26H32N4O3S/c1-2-16-34(31,32)28-20-8-6-19(7-9-20)26-24(18-27)23-11-10-22(29-12-14-33-15-13-29)17-25(23)30(26)21-4-3-5-21/h6-11,17,21,24,26,28H,2-5,12-16H2,1H3. The van der Waals surface area contributed by atoms with Crippen molar-refractivity contribution in [1.82, 2.24) is 0 Å². The summed E-state index contributed by atoms with van der Waals surface area (Å²) in [7, 11) is -3.34. The predicted molar refractivity (Wildman–Crippen MR) is 135 cm³/mol. The van der Waals surface area contributed by atoms with Gasteiger partial charge in [0.25, 0.3) is 0 Å². The number of nitrogens with one attached hydrogen (secondary N) is 1. The van der Waals surface area contributed by atoms with E-state index in [9.17, 15) is 13.7 Å². The van der Waals surface area contributed by atoms with Gasteiger partial charge < -0.3 is 14.5 Å². The fourth-order valence-corrected chi connectivity index (χ4v) is 6.48. The number of fused-ring (bicyclic) bond motifs is 1. The van der Waals surface area contributed by atoms with Gasteiger partial charge in [-0.15, -0.1) is 0 Å². The van der Waals surface area contributed by atoms with Gasteiger partial charge in [-0.3, -0.25) is 4.72 Å². The molecule has 0 radical (unpaired) electrons.